The summed E-state index contributed by atoms with van der Waals surface area (Å²) >= 11 is 0. The van der Waals surface area contributed by atoms with E-state index >= 15 is 0 Å². The average molecular weight is 185 g/mol. The molecule has 0 bridgehead atoms. The Kier molecular flexibility index (Phi) is 5.96. The van der Waals surface area contributed by atoms with Gasteiger partial charge in [-0.1, -0.05) is 0 Å². The summed E-state index contributed by atoms with van der Waals surface area (Å²) in [5.41, 5.74) is 0. The van der Waals surface area contributed by atoms with Crippen LogP contribution < -0.4 is 6.15 Å². The predicted molar refractivity (Wildman–Crippen MR) is 38.1 cm³/mol. The quantitative estimate of drug-likeness (QED) is 0.456. The minimum Gasteiger partial charge on any atom is -0.465 e. The van der Waals surface area contributed by atoms with E-state index in [1.807, 2.05) is 0 Å². The lowest BCUT2D eigenvalue weighted by atomic mass is 10.8. The van der Waals surface area contributed by atoms with Crippen LogP contribution in [0.3, 0.4) is 0 Å². The highest BCUT2D eigenvalue weighted by Gasteiger charge is 2.04. The molecule has 0 fully saturated rings. The first kappa shape index (κ1) is 13.0. The van der Waals surface area contributed by atoms with Crippen LogP contribution in [0.1, 0.15) is 6.92 Å². The van der Waals surface area contributed by atoms with E-state index in [1.165, 1.54) is 0 Å². The summed E-state index contributed by atoms with van der Waals surface area (Å²) in [5, 5.41) is 0. The standard InChI is InChI=1S/C4H8O5S.H3N/c1-4(5)9-2-3-10(6,7)8;/h2-3H2,1H3,(H,6,7,8);1H3. The fourth-order valence-electron chi connectivity index (χ4n) is 0.291. The second kappa shape index (κ2) is 5.05. The molecule has 0 saturated carbocycles. The Morgan fingerprint density at radius 3 is 2.27 bits per heavy atom. The molecule has 0 aliphatic rings. The Bertz CT molecular complexity index is 209. The van der Waals surface area contributed by atoms with Crippen LogP contribution in [0.4, 0.5) is 0 Å². The van der Waals surface area contributed by atoms with Gasteiger partial charge in [-0.05, 0) is 0 Å². The van der Waals surface area contributed by atoms with Gasteiger partial charge in [0.2, 0.25) is 0 Å². The molecular weight excluding hydrogens is 174 g/mol. The molecule has 0 amide bonds. The Labute approximate surface area is 64.9 Å². The van der Waals surface area contributed by atoms with E-state index in [2.05, 4.69) is 4.74 Å². The third-order valence-electron chi connectivity index (χ3n) is 0.647. The highest BCUT2D eigenvalue weighted by Crippen LogP contribution is 1.83. The smallest absolute Gasteiger partial charge is 0.302 e. The zero-order chi connectivity index (χ0) is 8.20. The van der Waals surface area contributed by atoms with Crippen molar-refractivity contribution >= 4 is 16.1 Å². The molecule has 0 aromatic carbocycles. The highest BCUT2D eigenvalue weighted by atomic mass is 32.2. The maximum Gasteiger partial charge on any atom is 0.302 e. The first-order valence-electron chi connectivity index (χ1n) is 2.50. The lowest BCUT2D eigenvalue weighted by molar-refractivity contribution is -0.140. The van der Waals surface area contributed by atoms with Gasteiger partial charge in [0.05, 0.1) is 0 Å². The molecule has 11 heavy (non-hydrogen) atoms. The van der Waals surface area contributed by atoms with Crippen molar-refractivity contribution < 1.29 is 22.5 Å². The SMILES string of the molecule is CC(=O)OCCS(=O)(=O)O.N. The fourth-order valence-corrected chi connectivity index (χ4v) is 0.585. The number of hydrogen-bond donors (Lipinski definition) is 2. The summed E-state index contributed by atoms with van der Waals surface area (Å²) < 4.78 is 32.3. The van der Waals surface area contributed by atoms with E-state index in [0.717, 1.165) is 6.92 Å². The normalized spacial score (nSPS) is 10.0. The van der Waals surface area contributed by atoms with E-state index in [0.29, 0.717) is 0 Å². The molecule has 0 aliphatic carbocycles. The lowest BCUT2D eigenvalue weighted by Crippen LogP contribution is -2.12. The van der Waals surface area contributed by atoms with Gasteiger partial charge in [-0.2, -0.15) is 8.42 Å². The maximum atomic E-state index is 10.0. The Balaban J connectivity index is 0. The van der Waals surface area contributed by atoms with E-state index in [9.17, 15) is 13.2 Å². The van der Waals surface area contributed by atoms with Crippen molar-refractivity contribution in [2.24, 2.45) is 0 Å². The summed E-state index contributed by atoms with van der Waals surface area (Å²) in [6, 6.07) is 0. The van der Waals surface area contributed by atoms with Gasteiger partial charge in [-0.15, -0.1) is 0 Å². The third kappa shape index (κ3) is 12.5. The maximum absolute atomic E-state index is 10.0. The van der Waals surface area contributed by atoms with Crippen LogP contribution >= 0.6 is 0 Å². The molecule has 4 N–H and O–H groups in total. The number of carbonyl (C=O) groups excluding carboxylic acids is 1. The molecular formula is C4H11NO5S. The monoisotopic (exact) mass is 185 g/mol. The zero-order valence-corrected chi connectivity index (χ0v) is 6.93. The molecule has 0 aromatic heterocycles. The van der Waals surface area contributed by atoms with Crippen molar-refractivity contribution in [1.82, 2.24) is 6.15 Å². The van der Waals surface area contributed by atoms with Crippen LogP contribution in [-0.2, 0) is 19.6 Å². The predicted octanol–water partition coefficient (Wildman–Crippen LogP) is -0.401. The van der Waals surface area contributed by atoms with Crippen molar-refractivity contribution in [3.8, 4) is 0 Å². The molecule has 0 unspecified atom stereocenters. The van der Waals surface area contributed by atoms with Crippen LogP contribution in [0.5, 0.6) is 0 Å². The van der Waals surface area contributed by atoms with Gasteiger partial charge in [-0.3, -0.25) is 9.35 Å². The van der Waals surface area contributed by atoms with Gasteiger partial charge in [0.15, 0.2) is 0 Å². The summed E-state index contributed by atoms with van der Waals surface area (Å²) in [5.74, 6) is -1.12. The van der Waals surface area contributed by atoms with Gasteiger partial charge in [0.25, 0.3) is 10.1 Å². The Morgan fingerprint density at radius 2 is 2.00 bits per heavy atom. The van der Waals surface area contributed by atoms with Crippen LogP contribution in [-0.4, -0.2) is 31.3 Å². The van der Waals surface area contributed by atoms with Crippen molar-refractivity contribution in [3.05, 3.63) is 0 Å². The van der Waals surface area contributed by atoms with E-state index < -0.39 is 21.8 Å². The topological polar surface area (TPSA) is 116 Å². The van der Waals surface area contributed by atoms with Gasteiger partial charge >= 0.3 is 5.97 Å². The van der Waals surface area contributed by atoms with Crippen LogP contribution in [0.2, 0.25) is 0 Å². The Morgan fingerprint density at radius 1 is 1.55 bits per heavy atom. The summed E-state index contributed by atoms with van der Waals surface area (Å²) in [6.07, 6.45) is 0. The van der Waals surface area contributed by atoms with Gasteiger partial charge in [-0.25, -0.2) is 0 Å². The summed E-state index contributed by atoms with van der Waals surface area (Å²) in [7, 11) is -4.00. The molecule has 0 spiro atoms. The molecule has 0 saturated heterocycles. The zero-order valence-electron chi connectivity index (χ0n) is 6.11. The van der Waals surface area contributed by atoms with Crippen molar-refractivity contribution in [2.75, 3.05) is 12.4 Å². The number of esters is 1. The average Bonchev–Trinajstić information content (AvgIpc) is 1.59. The van der Waals surface area contributed by atoms with Gasteiger partial charge < -0.3 is 10.9 Å². The summed E-state index contributed by atoms with van der Waals surface area (Å²) in [4.78, 5) is 10.0. The number of rotatable bonds is 3. The van der Waals surface area contributed by atoms with Crippen molar-refractivity contribution in [2.45, 2.75) is 6.92 Å². The first-order chi connectivity index (χ1) is 4.42. The Hall–Kier alpha value is -0.660. The highest BCUT2D eigenvalue weighted by molar-refractivity contribution is 7.85. The molecule has 0 aliphatic heterocycles. The first-order valence-corrected chi connectivity index (χ1v) is 4.11. The van der Waals surface area contributed by atoms with E-state index in [4.69, 9.17) is 4.55 Å². The van der Waals surface area contributed by atoms with Gasteiger partial charge in [0, 0.05) is 6.92 Å². The minimum atomic E-state index is -4.00. The molecule has 7 heteroatoms. The summed E-state index contributed by atoms with van der Waals surface area (Å²) in [6.45, 7) is 0.859. The van der Waals surface area contributed by atoms with Crippen LogP contribution in [0.25, 0.3) is 0 Å². The number of hydrogen-bond acceptors (Lipinski definition) is 5. The van der Waals surface area contributed by atoms with E-state index in [1.54, 1.807) is 0 Å². The van der Waals surface area contributed by atoms with Crippen LogP contribution in [0.15, 0.2) is 0 Å². The molecule has 6 nitrogen and oxygen atoms in total. The van der Waals surface area contributed by atoms with Gasteiger partial charge in [0.1, 0.15) is 12.4 Å². The lowest BCUT2D eigenvalue weighted by Gasteiger charge is -1.97. The van der Waals surface area contributed by atoms with Crippen LogP contribution in [0, 0.1) is 0 Å². The molecule has 68 valence electrons. The fraction of sp³-hybridized carbons (Fsp3) is 0.750. The third-order valence-corrected chi connectivity index (χ3v) is 1.33. The molecule has 0 aromatic rings. The van der Waals surface area contributed by atoms with Crippen molar-refractivity contribution in [3.63, 3.8) is 0 Å². The molecule has 0 radical (unpaired) electrons. The second-order valence-electron chi connectivity index (χ2n) is 1.63. The number of carbonyl (C=O) groups is 1. The van der Waals surface area contributed by atoms with Crippen molar-refractivity contribution in [1.29, 1.82) is 0 Å². The van der Waals surface area contributed by atoms with E-state index in [-0.39, 0.29) is 12.8 Å². The molecule has 0 atom stereocenters. The number of ether oxygens (including phenoxy) is 1. The molecule has 0 heterocycles. The largest absolute Gasteiger partial charge is 0.465 e. The second-order valence-corrected chi connectivity index (χ2v) is 3.20. The molecule has 0 rings (SSSR count). The minimum absolute atomic E-state index is 0.